The van der Waals surface area contributed by atoms with Gasteiger partial charge in [0, 0.05) is 0 Å². The Kier molecular flexibility index (Phi) is 1.44. The van der Waals surface area contributed by atoms with Gasteiger partial charge in [0.15, 0.2) is 0 Å². The molecule has 4 heteroatoms. The van der Waals surface area contributed by atoms with Crippen LogP contribution in [-0.4, -0.2) is 26.2 Å². The van der Waals surface area contributed by atoms with E-state index in [1.54, 1.807) is 0 Å². The Morgan fingerprint density at radius 3 is 1.32 bits per heavy atom. The lowest BCUT2D eigenvalue weighted by atomic mass is 9.50. The minimum atomic E-state index is -0.505. The quantitative estimate of drug-likeness (QED) is 0.722. The monoisotopic (exact) mass is 300 g/mol. The van der Waals surface area contributed by atoms with E-state index in [9.17, 15) is 9.59 Å². The van der Waals surface area contributed by atoms with Crippen molar-refractivity contribution in [1.29, 1.82) is 0 Å². The third-order valence-corrected chi connectivity index (χ3v) is 9.56. The molecule has 0 amide bonds. The summed E-state index contributed by atoms with van der Waals surface area (Å²) in [7, 11) is 3.03. The second kappa shape index (κ2) is 2.76. The van der Waals surface area contributed by atoms with Gasteiger partial charge in [-0.2, -0.15) is 0 Å². The first kappa shape index (κ1) is 11.5. The van der Waals surface area contributed by atoms with Crippen molar-refractivity contribution in [1.82, 2.24) is 0 Å². The van der Waals surface area contributed by atoms with E-state index in [0.29, 0.717) is 59.2 Å². The first-order valence-corrected chi connectivity index (χ1v) is 8.84. The van der Waals surface area contributed by atoms with Crippen molar-refractivity contribution < 1.29 is 19.1 Å². The molecule has 0 aromatic carbocycles. The van der Waals surface area contributed by atoms with Crippen molar-refractivity contribution in [3.63, 3.8) is 0 Å². The van der Waals surface area contributed by atoms with Crippen LogP contribution in [0.2, 0.25) is 0 Å². The zero-order chi connectivity index (χ0) is 14.8. The van der Waals surface area contributed by atoms with Gasteiger partial charge in [0.25, 0.3) is 0 Å². The molecule has 4 nitrogen and oxygen atoms in total. The lowest BCUT2D eigenvalue weighted by Crippen LogP contribution is -2.61. The highest BCUT2D eigenvalue weighted by molar-refractivity contribution is 5.95. The Balaban J connectivity index is 1.58. The van der Waals surface area contributed by atoms with E-state index in [4.69, 9.17) is 9.47 Å². The first-order chi connectivity index (χ1) is 10.7. The maximum Gasteiger partial charge on any atom is 0.313 e. The van der Waals surface area contributed by atoms with Crippen molar-refractivity contribution in [2.24, 2.45) is 70.0 Å². The molecule has 8 saturated carbocycles. The average Bonchev–Trinajstić information content (AvgIpc) is 3.32. The van der Waals surface area contributed by atoms with Crippen molar-refractivity contribution in [2.75, 3.05) is 14.2 Å². The highest BCUT2D eigenvalue weighted by Crippen LogP contribution is 3.01. The van der Waals surface area contributed by atoms with Crippen LogP contribution in [0.15, 0.2) is 0 Å². The maximum absolute atomic E-state index is 13.1. The van der Waals surface area contributed by atoms with Crippen LogP contribution in [0, 0.1) is 70.0 Å². The van der Waals surface area contributed by atoms with E-state index >= 15 is 0 Å². The van der Waals surface area contributed by atoms with E-state index < -0.39 is 10.8 Å². The molecule has 4 unspecified atom stereocenters. The Labute approximate surface area is 128 Å². The molecule has 0 heterocycles. The molecule has 0 N–H and O–H groups in total. The standard InChI is InChI=1S/C18H20O4/c1-21-15(19)17-11-5-3-7(5)13-9(11)10-12(17)6-4-8(6)14(10)18(13,17)16(20)22-2/h5-14H,3-4H2,1-2H3/t5-,6-,7+,8+,9?,10?,11-,12+,13-,14+,17?,18?. The second-order valence-corrected chi connectivity index (χ2v) is 9.11. The first-order valence-electron chi connectivity index (χ1n) is 8.84. The van der Waals surface area contributed by atoms with Crippen LogP contribution in [-0.2, 0) is 19.1 Å². The van der Waals surface area contributed by atoms with Crippen LogP contribution in [0.1, 0.15) is 12.8 Å². The minimum absolute atomic E-state index is 0.0684. The Hall–Kier alpha value is -1.06. The number of methoxy groups -OCH3 is 2. The number of hydrogen-bond donors (Lipinski definition) is 0. The highest BCUT2D eigenvalue weighted by Gasteiger charge is 3.03. The van der Waals surface area contributed by atoms with Crippen LogP contribution in [0.4, 0.5) is 0 Å². The summed E-state index contributed by atoms with van der Waals surface area (Å²) in [4.78, 5) is 26.3. The molecule has 8 bridgehead atoms. The van der Waals surface area contributed by atoms with E-state index in [0.717, 1.165) is 0 Å². The molecule has 8 aliphatic rings. The number of esters is 2. The minimum Gasteiger partial charge on any atom is -0.469 e. The van der Waals surface area contributed by atoms with Crippen LogP contribution in [0.25, 0.3) is 0 Å². The summed E-state index contributed by atoms with van der Waals surface area (Å²) in [5.41, 5.74) is -1.01. The van der Waals surface area contributed by atoms with Crippen molar-refractivity contribution in [3.8, 4) is 0 Å². The molecule has 8 aliphatic carbocycles. The predicted molar refractivity (Wildman–Crippen MR) is 73.0 cm³/mol. The highest BCUT2D eigenvalue weighted by atomic mass is 16.5. The van der Waals surface area contributed by atoms with E-state index in [2.05, 4.69) is 0 Å². The molecule has 0 aliphatic heterocycles. The zero-order valence-corrected chi connectivity index (χ0v) is 12.8. The van der Waals surface area contributed by atoms with E-state index in [1.165, 1.54) is 27.1 Å². The van der Waals surface area contributed by atoms with Crippen LogP contribution < -0.4 is 0 Å². The number of carbonyl (C=O) groups excluding carboxylic acids is 2. The molecule has 0 spiro atoms. The Bertz CT molecular complexity index is 593. The third-order valence-electron chi connectivity index (χ3n) is 9.56. The van der Waals surface area contributed by atoms with Gasteiger partial charge in [0.2, 0.25) is 0 Å². The molecule has 22 heavy (non-hydrogen) atoms. The van der Waals surface area contributed by atoms with Crippen LogP contribution in [0.5, 0.6) is 0 Å². The predicted octanol–water partition coefficient (Wildman–Crippen LogP) is 1.34. The number of carbonyl (C=O) groups is 2. The summed E-state index contributed by atoms with van der Waals surface area (Å²) < 4.78 is 10.7. The number of ether oxygens (including phenoxy) is 2. The fourth-order valence-electron chi connectivity index (χ4n) is 10.0. The molecule has 0 aromatic rings. The van der Waals surface area contributed by atoms with Gasteiger partial charge >= 0.3 is 11.9 Å². The molecular formula is C18H20O4. The average molecular weight is 300 g/mol. The van der Waals surface area contributed by atoms with Gasteiger partial charge in [-0.15, -0.1) is 0 Å². The van der Waals surface area contributed by atoms with E-state index in [1.807, 2.05) is 0 Å². The fraction of sp³-hybridized carbons (Fsp3) is 0.889. The normalized spacial score (nSPS) is 71.5. The lowest BCUT2D eigenvalue weighted by Gasteiger charge is -2.51. The van der Waals surface area contributed by atoms with Crippen molar-refractivity contribution in [2.45, 2.75) is 12.8 Å². The van der Waals surface area contributed by atoms with Gasteiger partial charge < -0.3 is 9.47 Å². The molecule has 0 aromatic heterocycles. The van der Waals surface area contributed by atoms with Gasteiger partial charge in [-0.3, -0.25) is 9.59 Å². The van der Waals surface area contributed by atoms with E-state index in [-0.39, 0.29) is 11.9 Å². The number of rotatable bonds is 2. The Morgan fingerprint density at radius 1 is 0.727 bits per heavy atom. The molecular weight excluding hydrogens is 280 g/mol. The molecule has 0 saturated heterocycles. The molecule has 12 atom stereocenters. The van der Waals surface area contributed by atoms with Gasteiger partial charge in [-0.05, 0) is 72.0 Å². The molecule has 0 radical (unpaired) electrons. The summed E-state index contributed by atoms with van der Waals surface area (Å²) in [6.45, 7) is 0. The zero-order valence-electron chi connectivity index (χ0n) is 12.8. The van der Waals surface area contributed by atoms with Crippen molar-refractivity contribution in [3.05, 3.63) is 0 Å². The third kappa shape index (κ3) is 0.662. The number of fused-ring (bicyclic) bond motifs is 2. The van der Waals surface area contributed by atoms with Gasteiger partial charge in [-0.25, -0.2) is 0 Å². The summed E-state index contributed by atoms with van der Waals surface area (Å²) in [5.74, 6) is 5.67. The topological polar surface area (TPSA) is 52.6 Å². The van der Waals surface area contributed by atoms with Gasteiger partial charge in [-0.1, -0.05) is 0 Å². The van der Waals surface area contributed by atoms with Gasteiger partial charge in [0.05, 0.1) is 25.0 Å². The van der Waals surface area contributed by atoms with Gasteiger partial charge in [0.1, 0.15) is 0 Å². The van der Waals surface area contributed by atoms with Crippen LogP contribution in [0.3, 0.4) is 0 Å². The smallest absolute Gasteiger partial charge is 0.313 e. The summed E-state index contributed by atoms with van der Waals surface area (Å²) in [6, 6.07) is 0. The Morgan fingerprint density at radius 2 is 1.05 bits per heavy atom. The molecule has 8 fully saturated rings. The van der Waals surface area contributed by atoms with Crippen LogP contribution >= 0.6 is 0 Å². The largest absolute Gasteiger partial charge is 0.469 e. The SMILES string of the molecule is COC(=O)C12[C@@H]3C4C5[C@H]1[C@@H]1C[C@@H]1[C@H]5C2(C(=O)OC)[C@H]4[C@H]1C[C@H]13. The maximum atomic E-state index is 13.1. The number of hydrogen-bond acceptors (Lipinski definition) is 4. The molecule has 8 rings (SSSR count). The summed E-state index contributed by atoms with van der Waals surface area (Å²) in [6.07, 6.45) is 2.48. The molecule has 116 valence electrons. The summed E-state index contributed by atoms with van der Waals surface area (Å²) >= 11 is 0. The fourth-order valence-corrected chi connectivity index (χ4v) is 10.0. The lowest BCUT2D eigenvalue weighted by molar-refractivity contribution is -0.195. The van der Waals surface area contributed by atoms with Crippen molar-refractivity contribution >= 4 is 11.9 Å². The second-order valence-electron chi connectivity index (χ2n) is 9.11. The summed E-state index contributed by atoms with van der Waals surface area (Å²) in [5, 5.41) is 0.